The third-order valence-electron chi connectivity index (χ3n) is 2.44. The maximum absolute atomic E-state index is 5.55. The van der Waals surface area contributed by atoms with Crippen molar-refractivity contribution >= 4 is 5.69 Å². The number of aromatic nitrogens is 1. The second kappa shape index (κ2) is 5.71. The predicted octanol–water partition coefficient (Wildman–Crippen LogP) is 1.95. The van der Waals surface area contributed by atoms with E-state index in [1.807, 2.05) is 13.1 Å². The van der Waals surface area contributed by atoms with Gasteiger partial charge in [0.1, 0.15) is 0 Å². The summed E-state index contributed by atoms with van der Waals surface area (Å²) in [5.41, 5.74) is 7.85. The van der Waals surface area contributed by atoms with E-state index in [0.717, 1.165) is 25.2 Å². The number of nitrogens with two attached hydrogens (primary N) is 1. The first-order valence-corrected chi connectivity index (χ1v) is 5.54. The lowest BCUT2D eigenvalue weighted by molar-refractivity contribution is 0.656. The summed E-state index contributed by atoms with van der Waals surface area (Å²) in [4.78, 5) is 6.57. The van der Waals surface area contributed by atoms with Gasteiger partial charge in [-0.2, -0.15) is 0 Å². The van der Waals surface area contributed by atoms with Crippen LogP contribution < -0.4 is 10.6 Å². The Morgan fingerprint density at radius 1 is 1.47 bits per heavy atom. The zero-order valence-corrected chi connectivity index (χ0v) is 9.90. The summed E-state index contributed by atoms with van der Waals surface area (Å²) in [5, 5.41) is 0. The van der Waals surface area contributed by atoms with Crippen molar-refractivity contribution in [1.29, 1.82) is 0 Å². The molecule has 0 aromatic carbocycles. The van der Waals surface area contributed by atoms with Gasteiger partial charge < -0.3 is 10.6 Å². The molecule has 2 N–H and O–H groups in total. The van der Waals surface area contributed by atoms with Crippen LogP contribution >= 0.6 is 0 Å². The van der Waals surface area contributed by atoms with Crippen molar-refractivity contribution < 1.29 is 0 Å². The molecule has 3 heteroatoms. The van der Waals surface area contributed by atoms with Gasteiger partial charge in [0.05, 0.1) is 0 Å². The summed E-state index contributed by atoms with van der Waals surface area (Å²) < 4.78 is 0. The van der Waals surface area contributed by atoms with Crippen LogP contribution in [0.3, 0.4) is 0 Å². The molecule has 0 saturated carbocycles. The molecule has 0 aliphatic rings. The van der Waals surface area contributed by atoms with Gasteiger partial charge in [0.2, 0.25) is 0 Å². The van der Waals surface area contributed by atoms with Gasteiger partial charge in [-0.3, -0.25) is 4.98 Å². The quantitative estimate of drug-likeness (QED) is 0.802. The number of nitrogens with zero attached hydrogens (tertiary/aromatic N) is 2. The first-order chi connectivity index (χ1) is 7.15. The summed E-state index contributed by atoms with van der Waals surface area (Å²) in [7, 11) is 0. The molecule has 0 bridgehead atoms. The van der Waals surface area contributed by atoms with E-state index in [4.69, 9.17) is 5.73 Å². The van der Waals surface area contributed by atoms with Crippen LogP contribution in [0.1, 0.15) is 26.0 Å². The normalized spacial score (nSPS) is 10.7. The highest BCUT2D eigenvalue weighted by molar-refractivity contribution is 5.47. The van der Waals surface area contributed by atoms with Crippen LogP contribution in [0.5, 0.6) is 0 Å². The minimum absolute atomic E-state index is 0.498. The smallest absolute Gasteiger partial charge is 0.0402 e. The first kappa shape index (κ1) is 12.0. The molecule has 0 saturated heterocycles. The van der Waals surface area contributed by atoms with Crippen molar-refractivity contribution in [2.24, 2.45) is 5.73 Å². The topological polar surface area (TPSA) is 42.1 Å². The molecule has 1 aromatic rings. The van der Waals surface area contributed by atoms with Crippen LogP contribution in [0, 0.1) is 6.92 Å². The molecule has 0 unspecified atom stereocenters. The fourth-order valence-corrected chi connectivity index (χ4v) is 1.66. The number of hydrogen-bond acceptors (Lipinski definition) is 3. The number of aryl methyl sites for hydroxylation is 1. The van der Waals surface area contributed by atoms with E-state index in [2.05, 4.69) is 35.9 Å². The number of pyridine rings is 1. The van der Waals surface area contributed by atoms with Gasteiger partial charge in [0.15, 0.2) is 0 Å². The van der Waals surface area contributed by atoms with E-state index in [9.17, 15) is 0 Å². The molecule has 84 valence electrons. The number of hydrogen-bond donors (Lipinski definition) is 1. The van der Waals surface area contributed by atoms with Crippen molar-refractivity contribution in [3.63, 3.8) is 0 Å². The van der Waals surface area contributed by atoms with Crippen molar-refractivity contribution in [2.45, 2.75) is 33.2 Å². The van der Waals surface area contributed by atoms with Gasteiger partial charge in [-0.15, -0.1) is 0 Å². The maximum Gasteiger partial charge on any atom is 0.0402 e. The number of anilines is 1. The average Bonchev–Trinajstić information content (AvgIpc) is 2.18. The van der Waals surface area contributed by atoms with Gasteiger partial charge in [0.25, 0.3) is 0 Å². The Balaban J connectivity index is 2.79. The summed E-state index contributed by atoms with van der Waals surface area (Å²) in [5.74, 6) is 0. The standard InChI is InChI=1S/C12H21N3/c1-10(2)15(8-4-6-13)12-5-7-14-11(3)9-12/h5,7,9-10H,4,6,8,13H2,1-3H3. The molecular weight excluding hydrogens is 186 g/mol. The lowest BCUT2D eigenvalue weighted by Gasteiger charge is -2.29. The maximum atomic E-state index is 5.55. The average molecular weight is 207 g/mol. The highest BCUT2D eigenvalue weighted by Crippen LogP contribution is 2.17. The summed E-state index contributed by atoms with van der Waals surface area (Å²) >= 11 is 0. The van der Waals surface area contributed by atoms with Crippen molar-refractivity contribution in [2.75, 3.05) is 18.0 Å². The van der Waals surface area contributed by atoms with E-state index in [1.54, 1.807) is 0 Å². The SMILES string of the molecule is Cc1cc(N(CCCN)C(C)C)ccn1. The monoisotopic (exact) mass is 207 g/mol. The highest BCUT2D eigenvalue weighted by atomic mass is 15.1. The largest absolute Gasteiger partial charge is 0.369 e. The van der Waals surface area contributed by atoms with Crippen LogP contribution in [-0.2, 0) is 0 Å². The molecule has 0 spiro atoms. The van der Waals surface area contributed by atoms with Crippen LogP contribution in [0.2, 0.25) is 0 Å². The predicted molar refractivity (Wildman–Crippen MR) is 65.1 cm³/mol. The molecule has 1 aromatic heterocycles. The van der Waals surface area contributed by atoms with Crippen LogP contribution in [-0.4, -0.2) is 24.1 Å². The fraction of sp³-hybridized carbons (Fsp3) is 0.583. The van der Waals surface area contributed by atoms with Gasteiger partial charge in [-0.25, -0.2) is 0 Å². The Hall–Kier alpha value is -1.09. The first-order valence-electron chi connectivity index (χ1n) is 5.54. The van der Waals surface area contributed by atoms with Gasteiger partial charge in [0, 0.05) is 30.2 Å². The van der Waals surface area contributed by atoms with Crippen LogP contribution in [0.4, 0.5) is 5.69 Å². The molecule has 0 amide bonds. The van der Waals surface area contributed by atoms with Crippen LogP contribution in [0.15, 0.2) is 18.3 Å². The second-order valence-electron chi connectivity index (χ2n) is 4.08. The molecule has 3 nitrogen and oxygen atoms in total. The molecular formula is C12H21N3. The van der Waals surface area contributed by atoms with Crippen LogP contribution in [0.25, 0.3) is 0 Å². The minimum Gasteiger partial charge on any atom is -0.369 e. The van der Waals surface area contributed by atoms with E-state index in [-0.39, 0.29) is 0 Å². The molecule has 15 heavy (non-hydrogen) atoms. The Kier molecular flexibility index (Phi) is 4.56. The molecule has 0 radical (unpaired) electrons. The third-order valence-corrected chi connectivity index (χ3v) is 2.44. The molecule has 0 aliphatic carbocycles. The Morgan fingerprint density at radius 3 is 2.73 bits per heavy atom. The van der Waals surface area contributed by atoms with E-state index in [0.29, 0.717) is 6.04 Å². The summed E-state index contributed by atoms with van der Waals surface area (Å²) in [6, 6.07) is 4.68. The third kappa shape index (κ3) is 3.51. The zero-order chi connectivity index (χ0) is 11.3. The van der Waals surface area contributed by atoms with E-state index >= 15 is 0 Å². The van der Waals surface area contributed by atoms with E-state index < -0.39 is 0 Å². The van der Waals surface area contributed by atoms with Gasteiger partial charge in [-0.05, 0) is 45.9 Å². The molecule has 1 rings (SSSR count). The van der Waals surface area contributed by atoms with Crippen molar-refractivity contribution in [3.05, 3.63) is 24.0 Å². The lowest BCUT2D eigenvalue weighted by Crippen LogP contribution is -2.32. The summed E-state index contributed by atoms with van der Waals surface area (Å²) in [6.45, 7) is 8.18. The van der Waals surface area contributed by atoms with Crippen molar-refractivity contribution in [1.82, 2.24) is 4.98 Å². The Labute approximate surface area is 92.3 Å². The second-order valence-corrected chi connectivity index (χ2v) is 4.08. The minimum atomic E-state index is 0.498. The zero-order valence-electron chi connectivity index (χ0n) is 9.90. The molecule has 1 heterocycles. The Morgan fingerprint density at radius 2 is 2.20 bits per heavy atom. The van der Waals surface area contributed by atoms with Crippen molar-refractivity contribution in [3.8, 4) is 0 Å². The fourth-order valence-electron chi connectivity index (χ4n) is 1.66. The number of rotatable bonds is 5. The lowest BCUT2D eigenvalue weighted by atomic mass is 10.2. The highest BCUT2D eigenvalue weighted by Gasteiger charge is 2.09. The molecule has 0 fully saturated rings. The summed E-state index contributed by atoms with van der Waals surface area (Å²) in [6.07, 6.45) is 2.89. The molecule has 0 aliphatic heterocycles. The van der Waals surface area contributed by atoms with Gasteiger partial charge >= 0.3 is 0 Å². The molecule has 0 atom stereocenters. The Bertz CT molecular complexity index is 297. The van der Waals surface area contributed by atoms with Gasteiger partial charge in [-0.1, -0.05) is 0 Å². The van der Waals surface area contributed by atoms with E-state index in [1.165, 1.54) is 5.69 Å².